The summed E-state index contributed by atoms with van der Waals surface area (Å²) in [5, 5.41) is 12.5. The van der Waals surface area contributed by atoms with Crippen LogP contribution in [0.3, 0.4) is 0 Å². The number of nitriles is 1. The maximum atomic E-state index is 14.4. The predicted octanol–water partition coefficient (Wildman–Crippen LogP) is 3.50. The van der Waals surface area contributed by atoms with Crippen molar-refractivity contribution >= 4 is 0 Å². The lowest BCUT2D eigenvalue weighted by atomic mass is 9.82. The van der Waals surface area contributed by atoms with Crippen LogP contribution in [0.4, 0.5) is 4.39 Å². The molecule has 130 valence electrons. The van der Waals surface area contributed by atoms with E-state index in [1.165, 1.54) is 7.11 Å². The summed E-state index contributed by atoms with van der Waals surface area (Å²) in [5.74, 6) is -0.0850. The highest BCUT2D eigenvalue weighted by molar-refractivity contribution is 5.36. The summed E-state index contributed by atoms with van der Waals surface area (Å²) < 4.78 is 25.0. The molecule has 1 saturated heterocycles. The second kappa shape index (κ2) is 7.64. The van der Waals surface area contributed by atoms with Crippen molar-refractivity contribution in [3.63, 3.8) is 0 Å². The van der Waals surface area contributed by atoms with Gasteiger partial charge < -0.3 is 14.8 Å². The first-order chi connectivity index (χ1) is 12.2. The van der Waals surface area contributed by atoms with Gasteiger partial charge in [0.25, 0.3) is 0 Å². The normalized spacial score (nSPS) is 16.2. The SMILES string of the molecule is COc1cccc(CNC2(c3ccc(C#N)cc3)CCOCC2)c1F. The molecule has 0 radical (unpaired) electrons. The van der Waals surface area contributed by atoms with Gasteiger partial charge in [0.2, 0.25) is 0 Å². The van der Waals surface area contributed by atoms with Crippen molar-refractivity contribution < 1.29 is 13.9 Å². The van der Waals surface area contributed by atoms with E-state index in [0.29, 0.717) is 30.9 Å². The molecule has 0 amide bonds. The van der Waals surface area contributed by atoms with E-state index in [-0.39, 0.29) is 17.1 Å². The topological polar surface area (TPSA) is 54.3 Å². The molecule has 0 aromatic heterocycles. The highest BCUT2D eigenvalue weighted by Gasteiger charge is 2.34. The van der Waals surface area contributed by atoms with Gasteiger partial charge in [-0.15, -0.1) is 0 Å². The molecule has 0 saturated carbocycles. The van der Waals surface area contributed by atoms with Crippen LogP contribution < -0.4 is 10.1 Å². The minimum Gasteiger partial charge on any atom is -0.494 e. The summed E-state index contributed by atoms with van der Waals surface area (Å²) in [4.78, 5) is 0. The Morgan fingerprint density at radius 2 is 1.92 bits per heavy atom. The molecule has 1 fully saturated rings. The van der Waals surface area contributed by atoms with Crippen LogP contribution in [0.1, 0.15) is 29.5 Å². The average Bonchev–Trinajstić information content (AvgIpc) is 2.68. The minimum absolute atomic E-state index is 0.249. The lowest BCUT2D eigenvalue weighted by Crippen LogP contribution is -2.46. The molecule has 0 bridgehead atoms. The first kappa shape index (κ1) is 17.4. The summed E-state index contributed by atoms with van der Waals surface area (Å²) in [6.45, 7) is 1.68. The van der Waals surface area contributed by atoms with E-state index < -0.39 is 0 Å². The molecule has 0 aliphatic carbocycles. The second-order valence-corrected chi connectivity index (χ2v) is 6.17. The molecule has 25 heavy (non-hydrogen) atoms. The molecule has 3 rings (SSSR count). The van der Waals surface area contributed by atoms with Gasteiger partial charge in [-0.05, 0) is 36.6 Å². The van der Waals surface area contributed by atoms with E-state index in [1.54, 1.807) is 18.2 Å². The van der Waals surface area contributed by atoms with Gasteiger partial charge in [-0.25, -0.2) is 4.39 Å². The van der Waals surface area contributed by atoms with Gasteiger partial charge in [-0.2, -0.15) is 5.26 Å². The highest BCUT2D eigenvalue weighted by atomic mass is 19.1. The molecule has 2 aromatic carbocycles. The van der Waals surface area contributed by atoms with Gasteiger partial charge in [-0.3, -0.25) is 0 Å². The number of nitrogens with zero attached hydrogens (tertiary/aromatic N) is 1. The zero-order chi connectivity index (χ0) is 17.7. The van der Waals surface area contributed by atoms with Gasteiger partial charge in [0.1, 0.15) is 0 Å². The smallest absolute Gasteiger partial charge is 0.169 e. The lowest BCUT2D eigenvalue weighted by Gasteiger charge is -2.39. The third-order valence-electron chi connectivity index (χ3n) is 4.79. The number of methoxy groups -OCH3 is 1. The predicted molar refractivity (Wildman–Crippen MR) is 92.7 cm³/mol. The Bertz CT molecular complexity index is 762. The molecule has 2 aromatic rings. The third kappa shape index (κ3) is 3.65. The van der Waals surface area contributed by atoms with Gasteiger partial charge in [-0.1, -0.05) is 24.3 Å². The maximum absolute atomic E-state index is 14.4. The summed E-state index contributed by atoms with van der Waals surface area (Å²) in [6.07, 6.45) is 1.59. The van der Waals surface area contributed by atoms with E-state index in [1.807, 2.05) is 24.3 Å². The fourth-order valence-corrected chi connectivity index (χ4v) is 3.27. The van der Waals surface area contributed by atoms with E-state index >= 15 is 0 Å². The first-order valence-corrected chi connectivity index (χ1v) is 8.33. The molecule has 0 atom stereocenters. The lowest BCUT2D eigenvalue weighted by molar-refractivity contribution is 0.0356. The number of hydrogen-bond donors (Lipinski definition) is 1. The van der Waals surface area contributed by atoms with Crippen molar-refractivity contribution in [2.24, 2.45) is 0 Å². The van der Waals surface area contributed by atoms with Crippen LogP contribution >= 0.6 is 0 Å². The first-order valence-electron chi connectivity index (χ1n) is 8.33. The fourth-order valence-electron chi connectivity index (χ4n) is 3.27. The van der Waals surface area contributed by atoms with E-state index in [0.717, 1.165) is 18.4 Å². The van der Waals surface area contributed by atoms with Crippen LogP contribution in [0.5, 0.6) is 5.75 Å². The Morgan fingerprint density at radius 1 is 1.20 bits per heavy atom. The number of halogens is 1. The number of benzene rings is 2. The molecule has 5 heteroatoms. The van der Waals surface area contributed by atoms with Gasteiger partial charge >= 0.3 is 0 Å². The fraction of sp³-hybridized carbons (Fsp3) is 0.350. The van der Waals surface area contributed by atoms with Crippen molar-refractivity contribution in [2.75, 3.05) is 20.3 Å². The molecule has 0 unspecified atom stereocenters. The zero-order valence-electron chi connectivity index (χ0n) is 14.2. The van der Waals surface area contributed by atoms with Crippen LogP contribution in [0.25, 0.3) is 0 Å². The molecule has 1 N–H and O–H groups in total. The van der Waals surface area contributed by atoms with Gasteiger partial charge in [0.05, 0.1) is 18.7 Å². The number of rotatable bonds is 5. The second-order valence-electron chi connectivity index (χ2n) is 6.17. The third-order valence-corrected chi connectivity index (χ3v) is 4.79. The van der Waals surface area contributed by atoms with Crippen LogP contribution in [0.15, 0.2) is 42.5 Å². The zero-order valence-corrected chi connectivity index (χ0v) is 14.2. The van der Waals surface area contributed by atoms with Crippen molar-refractivity contribution in [1.82, 2.24) is 5.32 Å². The molecule has 0 spiro atoms. The van der Waals surface area contributed by atoms with Crippen molar-refractivity contribution in [2.45, 2.75) is 24.9 Å². The molecule has 1 aliphatic heterocycles. The Kier molecular flexibility index (Phi) is 5.32. The largest absolute Gasteiger partial charge is 0.494 e. The van der Waals surface area contributed by atoms with E-state index in [4.69, 9.17) is 14.7 Å². The summed E-state index contributed by atoms with van der Waals surface area (Å²) in [6, 6.07) is 14.9. The summed E-state index contributed by atoms with van der Waals surface area (Å²) >= 11 is 0. The van der Waals surface area contributed by atoms with Crippen LogP contribution in [-0.2, 0) is 16.8 Å². The Morgan fingerprint density at radius 3 is 2.56 bits per heavy atom. The Balaban J connectivity index is 1.85. The Labute approximate surface area is 147 Å². The molecule has 1 aliphatic rings. The molecule has 4 nitrogen and oxygen atoms in total. The van der Waals surface area contributed by atoms with E-state index in [2.05, 4.69) is 11.4 Å². The monoisotopic (exact) mass is 340 g/mol. The number of hydrogen-bond acceptors (Lipinski definition) is 4. The Hall–Kier alpha value is -2.42. The van der Waals surface area contributed by atoms with Gasteiger partial charge in [0, 0.05) is 30.9 Å². The highest BCUT2D eigenvalue weighted by Crippen LogP contribution is 2.33. The summed E-state index contributed by atoms with van der Waals surface area (Å²) in [7, 11) is 1.46. The van der Waals surface area contributed by atoms with Crippen molar-refractivity contribution in [3.05, 3.63) is 65.0 Å². The van der Waals surface area contributed by atoms with E-state index in [9.17, 15) is 4.39 Å². The summed E-state index contributed by atoms with van der Waals surface area (Å²) in [5.41, 5.74) is 2.00. The van der Waals surface area contributed by atoms with Crippen molar-refractivity contribution in [1.29, 1.82) is 5.26 Å². The average molecular weight is 340 g/mol. The quantitative estimate of drug-likeness (QED) is 0.905. The molecular weight excluding hydrogens is 319 g/mol. The standard InChI is InChI=1S/C20H21FN2O2/c1-24-18-4-2-3-16(19(18)21)14-23-20(9-11-25-12-10-20)17-7-5-15(13-22)6-8-17/h2-8,23H,9-12,14H2,1H3. The van der Waals surface area contributed by atoms with Crippen LogP contribution in [-0.4, -0.2) is 20.3 Å². The van der Waals surface area contributed by atoms with Gasteiger partial charge in [0.15, 0.2) is 11.6 Å². The minimum atomic E-state index is -0.334. The molecule has 1 heterocycles. The number of nitrogens with one attached hydrogen (secondary N) is 1. The van der Waals surface area contributed by atoms with Crippen LogP contribution in [0, 0.1) is 17.1 Å². The number of ether oxygens (including phenoxy) is 2. The van der Waals surface area contributed by atoms with Crippen LogP contribution in [0.2, 0.25) is 0 Å². The van der Waals surface area contributed by atoms with Crippen molar-refractivity contribution in [3.8, 4) is 11.8 Å². The molecular formula is C20H21FN2O2. The maximum Gasteiger partial charge on any atom is 0.169 e.